The number of para-hydroxylation sites is 6. The Labute approximate surface area is 411 Å². The van der Waals surface area contributed by atoms with E-state index in [1.54, 1.807) is 0 Å². The van der Waals surface area contributed by atoms with Crippen LogP contribution in [0.3, 0.4) is 0 Å². The highest BCUT2D eigenvalue weighted by Gasteiger charge is 2.21. The van der Waals surface area contributed by atoms with Crippen LogP contribution in [0, 0.1) is 0 Å². The van der Waals surface area contributed by atoms with Crippen LogP contribution in [0.25, 0.3) is 115 Å². The number of rotatable bonds is 8. The molecular weight excluding hydrogens is 861 g/mol. The van der Waals surface area contributed by atoms with Crippen molar-refractivity contribution >= 4 is 82.4 Å². The highest BCUT2D eigenvalue weighted by molar-refractivity contribution is 6.11. The Morgan fingerprint density at radius 2 is 0.831 bits per heavy atom. The van der Waals surface area contributed by atoms with Gasteiger partial charge in [-0.3, -0.25) is 0 Å². The molecule has 0 bridgehead atoms. The lowest BCUT2D eigenvalue weighted by Gasteiger charge is -2.28. The molecule has 0 saturated carbocycles. The molecule has 12 aromatic carbocycles. The number of anilines is 3. The van der Waals surface area contributed by atoms with Gasteiger partial charge in [-0.15, -0.1) is 0 Å². The van der Waals surface area contributed by atoms with E-state index in [0.717, 1.165) is 72.5 Å². The van der Waals surface area contributed by atoms with Gasteiger partial charge in [-0.1, -0.05) is 200 Å². The minimum atomic E-state index is 0.897. The highest BCUT2D eigenvalue weighted by Crippen LogP contribution is 2.45. The van der Waals surface area contributed by atoms with Crippen LogP contribution in [0.2, 0.25) is 0 Å². The summed E-state index contributed by atoms with van der Waals surface area (Å²) in [6.07, 6.45) is 0. The molecule has 0 aliphatic rings. The van der Waals surface area contributed by atoms with Crippen molar-refractivity contribution in [1.29, 1.82) is 0 Å². The van der Waals surface area contributed by atoms with Gasteiger partial charge in [0.1, 0.15) is 11.2 Å². The first kappa shape index (κ1) is 40.6. The molecule has 0 radical (unpaired) electrons. The van der Waals surface area contributed by atoms with Crippen molar-refractivity contribution in [3.05, 3.63) is 267 Å². The molecule has 0 aliphatic heterocycles. The molecule has 3 nitrogen and oxygen atoms in total. The second-order valence-corrected chi connectivity index (χ2v) is 18.4. The first-order valence-corrected chi connectivity index (χ1v) is 24.3. The molecule has 71 heavy (non-hydrogen) atoms. The number of hydrogen-bond acceptors (Lipinski definition) is 2. The summed E-state index contributed by atoms with van der Waals surface area (Å²) >= 11 is 0. The van der Waals surface area contributed by atoms with Crippen LogP contribution >= 0.6 is 0 Å². The lowest BCUT2D eigenvalue weighted by molar-refractivity contribution is 0.670. The number of fused-ring (bicyclic) bond motifs is 9. The van der Waals surface area contributed by atoms with E-state index in [2.05, 4.69) is 264 Å². The first-order valence-electron chi connectivity index (χ1n) is 24.3. The number of hydrogen-bond donors (Lipinski definition) is 0. The zero-order chi connectivity index (χ0) is 46.8. The molecule has 0 atom stereocenters. The summed E-state index contributed by atoms with van der Waals surface area (Å²) in [7, 11) is 0. The minimum Gasteiger partial charge on any atom is -0.455 e. The van der Waals surface area contributed by atoms with Crippen molar-refractivity contribution in [2.24, 2.45) is 0 Å². The van der Waals surface area contributed by atoms with Gasteiger partial charge in [0, 0.05) is 49.6 Å². The Hall–Kier alpha value is -9.44. The van der Waals surface area contributed by atoms with Crippen molar-refractivity contribution in [3.8, 4) is 50.2 Å². The summed E-state index contributed by atoms with van der Waals surface area (Å²) in [5.41, 5.74) is 17.6. The zero-order valence-electron chi connectivity index (χ0n) is 38.7. The molecule has 0 fully saturated rings. The number of aromatic nitrogens is 1. The smallest absolute Gasteiger partial charge is 0.143 e. The van der Waals surface area contributed by atoms with Crippen molar-refractivity contribution in [3.63, 3.8) is 0 Å². The maximum absolute atomic E-state index is 6.51. The van der Waals surface area contributed by atoms with E-state index in [1.807, 2.05) is 12.1 Å². The standard InChI is InChI=1S/C68H44N2O/c1-2-18-54-46(15-1)31-32-51-43-48(37-42-55(51)54)45-33-38-52(39-34-45)69(53-40-35-47(36-41-53)58-24-14-25-62-61-23-7-12-30-67(61)71-68(58)62)63-26-8-3-19-56(63)49-16-13-17-50(44-49)57-20-4-9-27-64(57)70-65-28-10-5-21-59(65)60-22-6-11-29-66(60)70/h1-44H. The van der Waals surface area contributed by atoms with Gasteiger partial charge in [0.15, 0.2) is 0 Å². The fraction of sp³-hybridized carbons (Fsp3) is 0. The van der Waals surface area contributed by atoms with E-state index in [9.17, 15) is 0 Å². The Bertz CT molecular complexity index is 4290. The molecule has 0 saturated heterocycles. The molecule has 0 N–H and O–H groups in total. The van der Waals surface area contributed by atoms with Crippen LogP contribution in [0.5, 0.6) is 0 Å². The summed E-state index contributed by atoms with van der Waals surface area (Å²) < 4.78 is 8.93. The molecular formula is C68H44N2O. The normalized spacial score (nSPS) is 11.7. The number of nitrogens with zero attached hydrogens (tertiary/aromatic N) is 2. The van der Waals surface area contributed by atoms with Crippen LogP contribution in [-0.2, 0) is 0 Å². The lowest BCUT2D eigenvalue weighted by Crippen LogP contribution is -2.11. The van der Waals surface area contributed by atoms with Gasteiger partial charge in [-0.2, -0.15) is 0 Å². The Morgan fingerprint density at radius 1 is 0.296 bits per heavy atom. The van der Waals surface area contributed by atoms with Crippen LogP contribution < -0.4 is 4.90 Å². The predicted octanol–water partition coefficient (Wildman–Crippen LogP) is 19.1. The zero-order valence-corrected chi connectivity index (χ0v) is 38.7. The summed E-state index contributed by atoms with van der Waals surface area (Å²) in [6.45, 7) is 0. The van der Waals surface area contributed by atoms with Crippen LogP contribution in [0.4, 0.5) is 17.1 Å². The third-order valence-corrected chi connectivity index (χ3v) is 14.4. The van der Waals surface area contributed by atoms with Gasteiger partial charge in [0.05, 0.1) is 22.4 Å². The Balaban J connectivity index is 0.891. The predicted molar refractivity (Wildman–Crippen MR) is 299 cm³/mol. The molecule has 14 aromatic rings. The van der Waals surface area contributed by atoms with Gasteiger partial charge in [-0.05, 0) is 116 Å². The molecule has 2 aromatic heterocycles. The molecule has 0 amide bonds. The molecule has 0 unspecified atom stereocenters. The quantitative estimate of drug-likeness (QED) is 0.142. The lowest BCUT2D eigenvalue weighted by atomic mass is 9.95. The van der Waals surface area contributed by atoms with Crippen molar-refractivity contribution in [2.45, 2.75) is 0 Å². The van der Waals surface area contributed by atoms with Crippen LogP contribution in [0.15, 0.2) is 271 Å². The molecule has 0 spiro atoms. The third-order valence-electron chi connectivity index (χ3n) is 14.4. The maximum Gasteiger partial charge on any atom is 0.143 e. The van der Waals surface area contributed by atoms with Gasteiger partial charge in [0.2, 0.25) is 0 Å². The molecule has 332 valence electrons. The van der Waals surface area contributed by atoms with Gasteiger partial charge >= 0.3 is 0 Å². The minimum absolute atomic E-state index is 0.897. The Kier molecular flexibility index (Phi) is 9.53. The highest BCUT2D eigenvalue weighted by atomic mass is 16.3. The van der Waals surface area contributed by atoms with Gasteiger partial charge in [0.25, 0.3) is 0 Å². The number of benzene rings is 12. The van der Waals surface area contributed by atoms with E-state index < -0.39 is 0 Å². The summed E-state index contributed by atoms with van der Waals surface area (Å²) in [4.78, 5) is 2.40. The molecule has 2 heterocycles. The van der Waals surface area contributed by atoms with Crippen LogP contribution in [-0.4, -0.2) is 4.57 Å². The largest absolute Gasteiger partial charge is 0.455 e. The summed E-state index contributed by atoms with van der Waals surface area (Å²) in [5, 5.41) is 9.79. The molecule has 0 aliphatic carbocycles. The Morgan fingerprint density at radius 3 is 1.61 bits per heavy atom. The second-order valence-electron chi connectivity index (χ2n) is 18.4. The fourth-order valence-electron chi connectivity index (χ4n) is 11.0. The topological polar surface area (TPSA) is 21.3 Å². The third kappa shape index (κ3) is 6.82. The van der Waals surface area contributed by atoms with E-state index in [0.29, 0.717) is 0 Å². The van der Waals surface area contributed by atoms with E-state index in [-0.39, 0.29) is 0 Å². The second kappa shape index (κ2) is 16.7. The summed E-state index contributed by atoms with van der Waals surface area (Å²) in [5.74, 6) is 0. The van der Waals surface area contributed by atoms with E-state index >= 15 is 0 Å². The monoisotopic (exact) mass is 904 g/mol. The van der Waals surface area contributed by atoms with E-state index in [1.165, 1.54) is 60.0 Å². The number of furan rings is 1. The van der Waals surface area contributed by atoms with Crippen LogP contribution in [0.1, 0.15) is 0 Å². The van der Waals surface area contributed by atoms with Crippen molar-refractivity contribution in [2.75, 3.05) is 4.90 Å². The summed E-state index contributed by atoms with van der Waals surface area (Å²) in [6, 6.07) is 96.7. The average molecular weight is 905 g/mol. The van der Waals surface area contributed by atoms with Crippen molar-refractivity contribution < 1.29 is 4.42 Å². The molecule has 3 heteroatoms. The van der Waals surface area contributed by atoms with Crippen molar-refractivity contribution in [1.82, 2.24) is 4.57 Å². The average Bonchev–Trinajstić information content (AvgIpc) is 4.00. The fourth-order valence-corrected chi connectivity index (χ4v) is 11.0. The SMILES string of the molecule is c1cc(-c2ccccc2N(c2ccc(-c3ccc4c(ccc5ccccc54)c3)cc2)c2ccc(-c3cccc4c3oc3ccccc34)cc2)cc(-c2ccccc2-n2c3ccccc3c3ccccc32)c1. The molecule has 14 rings (SSSR count). The van der Waals surface area contributed by atoms with E-state index in [4.69, 9.17) is 4.42 Å². The first-order chi connectivity index (χ1) is 35.2. The maximum atomic E-state index is 6.51. The van der Waals surface area contributed by atoms with Gasteiger partial charge < -0.3 is 13.9 Å². The van der Waals surface area contributed by atoms with Gasteiger partial charge in [-0.25, -0.2) is 0 Å².